The number of nitrogens with zero attached hydrogens (tertiary/aromatic N) is 2. The van der Waals surface area contributed by atoms with Crippen LogP contribution in [0.2, 0.25) is 0 Å². The van der Waals surface area contributed by atoms with Gasteiger partial charge in [-0.2, -0.15) is 0 Å². The Morgan fingerprint density at radius 3 is 3.00 bits per heavy atom. The summed E-state index contributed by atoms with van der Waals surface area (Å²) in [5.74, 6) is 0.699. The highest BCUT2D eigenvalue weighted by Crippen LogP contribution is 2.21. The van der Waals surface area contributed by atoms with Gasteiger partial charge < -0.3 is 14.3 Å². The molecule has 114 valence electrons. The number of pyridine rings is 1. The molecule has 0 atom stereocenters. The van der Waals surface area contributed by atoms with Gasteiger partial charge in [0.15, 0.2) is 0 Å². The Morgan fingerprint density at radius 1 is 1.26 bits per heavy atom. The van der Waals surface area contributed by atoms with Gasteiger partial charge in [0.05, 0.1) is 12.1 Å². The van der Waals surface area contributed by atoms with Crippen molar-refractivity contribution in [1.29, 1.82) is 0 Å². The monoisotopic (exact) mass is 305 g/mol. The number of benzene rings is 1. The Morgan fingerprint density at radius 2 is 2.13 bits per heavy atom. The number of fused-ring (bicyclic) bond motifs is 2. The van der Waals surface area contributed by atoms with E-state index in [1.54, 1.807) is 24.3 Å². The van der Waals surface area contributed by atoms with E-state index in [2.05, 4.69) is 9.97 Å². The lowest BCUT2D eigenvalue weighted by Crippen LogP contribution is -2.25. The molecule has 0 radical (unpaired) electrons. The van der Waals surface area contributed by atoms with Crippen LogP contribution in [0.3, 0.4) is 0 Å². The van der Waals surface area contributed by atoms with Crippen LogP contribution in [0.1, 0.15) is 16.1 Å². The van der Waals surface area contributed by atoms with Gasteiger partial charge in [0.1, 0.15) is 17.0 Å². The van der Waals surface area contributed by atoms with Gasteiger partial charge >= 0.3 is 0 Å². The lowest BCUT2D eigenvalue weighted by molar-refractivity contribution is 0.0778. The number of carbonyl (C=O) groups excluding carboxylic acids is 1. The number of aromatic amines is 1. The van der Waals surface area contributed by atoms with Crippen molar-refractivity contribution in [2.24, 2.45) is 0 Å². The summed E-state index contributed by atoms with van der Waals surface area (Å²) in [5.41, 5.74) is 2.17. The Labute approximate surface area is 132 Å². The third kappa shape index (κ3) is 2.36. The zero-order valence-electron chi connectivity index (χ0n) is 12.6. The molecule has 0 aliphatic heterocycles. The Kier molecular flexibility index (Phi) is 3.12. The minimum Gasteiger partial charge on any atom is -0.459 e. The van der Waals surface area contributed by atoms with E-state index in [1.807, 2.05) is 42.5 Å². The van der Waals surface area contributed by atoms with E-state index in [-0.39, 0.29) is 5.91 Å². The van der Waals surface area contributed by atoms with Crippen molar-refractivity contribution < 1.29 is 9.21 Å². The summed E-state index contributed by atoms with van der Waals surface area (Å²) in [6.07, 6.45) is 3.40. The van der Waals surface area contributed by atoms with Crippen molar-refractivity contribution in [2.45, 2.75) is 6.54 Å². The van der Waals surface area contributed by atoms with Crippen LogP contribution in [0.25, 0.3) is 22.0 Å². The third-order valence-corrected chi connectivity index (χ3v) is 3.90. The van der Waals surface area contributed by atoms with Crippen LogP contribution in [0, 0.1) is 0 Å². The van der Waals surface area contributed by atoms with Gasteiger partial charge in [0, 0.05) is 30.2 Å². The number of amides is 1. The minimum absolute atomic E-state index is 0.0651. The van der Waals surface area contributed by atoms with Crippen molar-refractivity contribution >= 4 is 27.9 Å². The molecule has 5 nitrogen and oxygen atoms in total. The quantitative estimate of drug-likeness (QED) is 0.629. The molecule has 23 heavy (non-hydrogen) atoms. The average Bonchev–Trinajstić information content (AvgIpc) is 3.17. The molecule has 5 heteroatoms. The van der Waals surface area contributed by atoms with E-state index in [0.717, 1.165) is 22.1 Å². The van der Waals surface area contributed by atoms with Gasteiger partial charge in [0.25, 0.3) is 5.91 Å². The zero-order valence-corrected chi connectivity index (χ0v) is 12.6. The molecule has 1 amide bonds. The fourth-order valence-electron chi connectivity index (χ4n) is 2.76. The molecular formula is C18H15N3O2. The highest BCUT2D eigenvalue weighted by molar-refractivity contribution is 6.05. The largest absolute Gasteiger partial charge is 0.459 e. The second kappa shape index (κ2) is 5.28. The van der Waals surface area contributed by atoms with Crippen LogP contribution in [-0.4, -0.2) is 27.8 Å². The average molecular weight is 305 g/mol. The Balaban J connectivity index is 1.60. The van der Waals surface area contributed by atoms with Crippen LogP contribution < -0.4 is 0 Å². The van der Waals surface area contributed by atoms with Crippen molar-refractivity contribution in [3.63, 3.8) is 0 Å². The Bertz CT molecular complexity index is 967. The van der Waals surface area contributed by atoms with Crippen molar-refractivity contribution in [1.82, 2.24) is 14.9 Å². The van der Waals surface area contributed by atoms with Gasteiger partial charge in [-0.15, -0.1) is 0 Å². The number of hydrogen-bond acceptors (Lipinski definition) is 3. The third-order valence-electron chi connectivity index (χ3n) is 3.90. The summed E-state index contributed by atoms with van der Waals surface area (Å²) >= 11 is 0. The van der Waals surface area contributed by atoms with E-state index in [4.69, 9.17) is 4.42 Å². The van der Waals surface area contributed by atoms with E-state index in [9.17, 15) is 4.79 Å². The number of hydrogen-bond donors (Lipinski definition) is 1. The van der Waals surface area contributed by atoms with Gasteiger partial charge in [-0.1, -0.05) is 18.2 Å². The number of carbonyl (C=O) groups is 1. The SMILES string of the molecule is CN(Cc1cc2ccccc2o1)C(=O)c1c[nH]c2ncccc12. The second-order valence-electron chi connectivity index (χ2n) is 5.51. The van der Waals surface area contributed by atoms with Crippen molar-refractivity contribution in [3.05, 3.63) is 66.2 Å². The van der Waals surface area contributed by atoms with E-state index in [1.165, 1.54) is 0 Å². The fraction of sp³-hybridized carbons (Fsp3) is 0.111. The topological polar surface area (TPSA) is 62.1 Å². The Hall–Kier alpha value is -3.08. The summed E-state index contributed by atoms with van der Waals surface area (Å²) in [4.78, 5) is 21.6. The lowest BCUT2D eigenvalue weighted by Gasteiger charge is -2.15. The highest BCUT2D eigenvalue weighted by Gasteiger charge is 2.18. The number of nitrogens with one attached hydrogen (secondary N) is 1. The minimum atomic E-state index is -0.0651. The molecule has 0 unspecified atom stereocenters. The first-order chi connectivity index (χ1) is 11.2. The summed E-state index contributed by atoms with van der Waals surface area (Å²) in [6, 6.07) is 13.5. The summed E-state index contributed by atoms with van der Waals surface area (Å²) in [6.45, 7) is 0.417. The van der Waals surface area contributed by atoms with Crippen molar-refractivity contribution in [2.75, 3.05) is 7.05 Å². The molecule has 1 aromatic carbocycles. The molecule has 0 aliphatic carbocycles. The van der Waals surface area contributed by atoms with E-state index in [0.29, 0.717) is 17.8 Å². The van der Waals surface area contributed by atoms with Gasteiger partial charge in [-0.05, 0) is 24.3 Å². The van der Waals surface area contributed by atoms with Crippen LogP contribution in [0.4, 0.5) is 0 Å². The van der Waals surface area contributed by atoms with Gasteiger partial charge in [0.2, 0.25) is 0 Å². The maximum Gasteiger partial charge on any atom is 0.256 e. The second-order valence-corrected chi connectivity index (χ2v) is 5.51. The molecule has 3 heterocycles. The molecule has 0 saturated carbocycles. The molecule has 0 bridgehead atoms. The molecule has 3 aromatic heterocycles. The molecule has 4 aromatic rings. The van der Waals surface area contributed by atoms with Crippen LogP contribution in [0.5, 0.6) is 0 Å². The smallest absolute Gasteiger partial charge is 0.256 e. The molecule has 4 rings (SSSR count). The first-order valence-corrected chi connectivity index (χ1v) is 7.37. The number of furan rings is 1. The predicted molar refractivity (Wildman–Crippen MR) is 88.1 cm³/mol. The van der Waals surface area contributed by atoms with Crippen molar-refractivity contribution in [3.8, 4) is 0 Å². The summed E-state index contributed by atoms with van der Waals surface area (Å²) < 4.78 is 5.78. The summed E-state index contributed by atoms with van der Waals surface area (Å²) in [5, 5.41) is 1.87. The fourth-order valence-corrected chi connectivity index (χ4v) is 2.76. The molecule has 1 N–H and O–H groups in total. The summed E-state index contributed by atoms with van der Waals surface area (Å²) in [7, 11) is 1.77. The first kappa shape index (κ1) is 13.6. The number of aromatic nitrogens is 2. The normalized spacial score (nSPS) is 11.2. The van der Waals surface area contributed by atoms with E-state index < -0.39 is 0 Å². The predicted octanol–water partition coefficient (Wildman–Crippen LogP) is 3.58. The number of para-hydroxylation sites is 1. The standard InChI is InChI=1S/C18H15N3O2/c1-21(11-13-9-12-5-2-3-7-16(12)23-13)18(22)15-10-20-17-14(15)6-4-8-19-17/h2-10H,11H2,1H3,(H,19,20). The van der Waals surface area contributed by atoms with Crippen LogP contribution in [-0.2, 0) is 6.54 Å². The zero-order chi connectivity index (χ0) is 15.8. The van der Waals surface area contributed by atoms with E-state index >= 15 is 0 Å². The maximum atomic E-state index is 12.7. The molecular weight excluding hydrogens is 290 g/mol. The maximum absolute atomic E-state index is 12.7. The molecule has 0 aliphatic rings. The molecule has 0 fully saturated rings. The molecule has 0 saturated heterocycles. The number of rotatable bonds is 3. The lowest BCUT2D eigenvalue weighted by atomic mass is 10.2. The van der Waals surface area contributed by atoms with Crippen LogP contribution in [0.15, 0.2) is 59.3 Å². The first-order valence-electron chi connectivity index (χ1n) is 7.37. The number of H-pyrrole nitrogens is 1. The van der Waals surface area contributed by atoms with Gasteiger partial charge in [-0.25, -0.2) is 4.98 Å². The van der Waals surface area contributed by atoms with Crippen LogP contribution >= 0.6 is 0 Å². The molecule has 0 spiro atoms. The highest BCUT2D eigenvalue weighted by atomic mass is 16.3. The van der Waals surface area contributed by atoms with Gasteiger partial charge in [-0.3, -0.25) is 4.79 Å².